The molecule has 2 atom stereocenters. The first kappa shape index (κ1) is 21.6. The number of nitrogens with two attached hydrogens (primary N) is 1. The Morgan fingerprint density at radius 2 is 2.03 bits per heavy atom. The molecule has 32 heavy (non-hydrogen) atoms. The van der Waals surface area contributed by atoms with Crippen LogP contribution in [0.15, 0.2) is 42.6 Å². The second kappa shape index (κ2) is 8.51. The molecule has 0 saturated carbocycles. The molecule has 1 aliphatic rings. The molecular weight excluding hydrogens is 418 g/mol. The summed E-state index contributed by atoms with van der Waals surface area (Å²) in [6.07, 6.45) is 1.36. The maximum absolute atomic E-state index is 14.5. The summed E-state index contributed by atoms with van der Waals surface area (Å²) >= 11 is 0. The molecule has 7 nitrogen and oxygen atoms in total. The van der Waals surface area contributed by atoms with Gasteiger partial charge in [-0.3, -0.25) is 4.79 Å². The van der Waals surface area contributed by atoms with E-state index in [1.165, 1.54) is 37.6 Å². The Bertz CT molecular complexity index is 1190. The lowest BCUT2D eigenvalue weighted by atomic mass is 10.0. The maximum atomic E-state index is 14.5. The van der Waals surface area contributed by atoms with Gasteiger partial charge in [0.15, 0.2) is 5.82 Å². The Hall–Kier alpha value is -3.59. The fraction of sp³-hybridized carbons (Fsp3) is 0.261. The minimum atomic E-state index is -0.872. The van der Waals surface area contributed by atoms with Gasteiger partial charge in [-0.15, -0.1) is 0 Å². The molecule has 166 valence electrons. The van der Waals surface area contributed by atoms with Crippen molar-refractivity contribution in [2.75, 3.05) is 18.6 Å². The first-order valence-corrected chi connectivity index (χ1v) is 10.0. The quantitative estimate of drug-likeness (QED) is 0.632. The van der Waals surface area contributed by atoms with E-state index in [1.807, 2.05) is 11.8 Å². The number of carbonyl (C=O) groups is 1. The SMILES string of the molecule is COc1cccc(F)c1-c1ncc(-c2cc(F)ccc2N2C[C@@H](O)C[C@@H]2C)c(C(N)=O)n1. The van der Waals surface area contributed by atoms with Crippen LogP contribution >= 0.6 is 0 Å². The van der Waals surface area contributed by atoms with E-state index in [0.29, 0.717) is 24.2 Å². The number of ether oxygens (including phenoxy) is 1. The Kier molecular flexibility index (Phi) is 5.75. The van der Waals surface area contributed by atoms with Crippen LogP contribution in [0.5, 0.6) is 5.75 Å². The zero-order valence-corrected chi connectivity index (χ0v) is 17.5. The summed E-state index contributed by atoms with van der Waals surface area (Å²) in [6, 6.07) is 8.40. The van der Waals surface area contributed by atoms with E-state index >= 15 is 0 Å². The summed E-state index contributed by atoms with van der Waals surface area (Å²) in [4.78, 5) is 22.7. The zero-order chi connectivity index (χ0) is 23.0. The average molecular weight is 440 g/mol. The van der Waals surface area contributed by atoms with Gasteiger partial charge in [0.05, 0.1) is 18.8 Å². The number of benzene rings is 2. The highest BCUT2D eigenvalue weighted by Crippen LogP contribution is 2.38. The molecule has 0 aliphatic carbocycles. The van der Waals surface area contributed by atoms with E-state index in [-0.39, 0.29) is 34.4 Å². The number of carbonyl (C=O) groups excluding carboxylic acids is 1. The first-order valence-electron chi connectivity index (χ1n) is 10.0. The van der Waals surface area contributed by atoms with Gasteiger partial charge in [0.1, 0.15) is 23.1 Å². The topological polar surface area (TPSA) is 102 Å². The number of β-amino-alcohol motifs (C(OH)–C–C–N with tert-alkyl or cyclic N) is 1. The molecule has 3 aromatic rings. The summed E-state index contributed by atoms with van der Waals surface area (Å²) < 4.78 is 34.0. The van der Waals surface area contributed by atoms with E-state index in [9.17, 15) is 18.7 Å². The van der Waals surface area contributed by atoms with Crippen molar-refractivity contribution in [3.8, 4) is 28.3 Å². The van der Waals surface area contributed by atoms with Crippen molar-refractivity contribution >= 4 is 11.6 Å². The lowest BCUT2D eigenvalue weighted by Gasteiger charge is -2.26. The molecule has 0 unspecified atom stereocenters. The number of rotatable bonds is 5. The molecule has 0 spiro atoms. The predicted octanol–water partition coefficient (Wildman–Crippen LogP) is 3.16. The van der Waals surface area contributed by atoms with Crippen molar-refractivity contribution in [2.24, 2.45) is 5.73 Å². The number of halogens is 2. The normalized spacial score (nSPS) is 18.1. The molecule has 2 aromatic carbocycles. The Balaban J connectivity index is 1.90. The third-order valence-corrected chi connectivity index (χ3v) is 5.55. The molecule has 1 fully saturated rings. The second-order valence-corrected chi connectivity index (χ2v) is 7.69. The molecule has 0 radical (unpaired) electrons. The van der Waals surface area contributed by atoms with Gasteiger partial charge in [-0.1, -0.05) is 6.07 Å². The monoisotopic (exact) mass is 440 g/mol. The number of amides is 1. The number of nitrogens with zero attached hydrogens (tertiary/aromatic N) is 3. The number of aliphatic hydroxyl groups is 1. The molecule has 1 aliphatic heterocycles. The molecule has 1 amide bonds. The average Bonchev–Trinajstić information content (AvgIpc) is 3.10. The smallest absolute Gasteiger partial charge is 0.268 e. The van der Waals surface area contributed by atoms with Crippen LogP contribution < -0.4 is 15.4 Å². The Morgan fingerprint density at radius 1 is 1.25 bits per heavy atom. The van der Waals surface area contributed by atoms with E-state index in [0.717, 1.165) is 0 Å². The summed E-state index contributed by atoms with van der Waals surface area (Å²) in [7, 11) is 1.38. The Labute approximate surface area is 183 Å². The van der Waals surface area contributed by atoms with E-state index in [1.54, 1.807) is 12.1 Å². The van der Waals surface area contributed by atoms with E-state index < -0.39 is 23.6 Å². The first-order chi connectivity index (χ1) is 15.3. The van der Waals surface area contributed by atoms with E-state index in [2.05, 4.69) is 9.97 Å². The molecular formula is C23H22F2N4O3. The number of hydrogen-bond donors (Lipinski definition) is 2. The van der Waals surface area contributed by atoms with Crippen molar-refractivity contribution in [1.82, 2.24) is 9.97 Å². The minimum Gasteiger partial charge on any atom is -0.496 e. The summed E-state index contributed by atoms with van der Waals surface area (Å²) in [5.74, 6) is -1.91. The van der Waals surface area contributed by atoms with Gasteiger partial charge in [-0.05, 0) is 43.7 Å². The number of anilines is 1. The fourth-order valence-electron chi connectivity index (χ4n) is 4.09. The molecule has 1 aromatic heterocycles. The summed E-state index contributed by atoms with van der Waals surface area (Å²) in [5, 5.41) is 10.1. The van der Waals surface area contributed by atoms with Gasteiger partial charge in [0.25, 0.3) is 5.91 Å². The molecule has 1 saturated heterocycles. The van der Waals surface area contributed by atoms with Gasteiger partial charge in [-0.2, -0.15) is 0 Å². The van der Waals surface area contributed by atoms with Gasteiger partial charge in [-0.25, -0.2) is 18.7 Å². The van der Waals surface area contributed by atoms with Crippen LogP contribution in [0.2, 0.25) is 0 Å². The molecule has 3 N–H and O–H groups in total. The van der Waals surface area contributed by atoms with Crippen molar-refractivity contribution in [3.63, 3.8) is 0 Å². The summed E-state index contributed by atoms with van der Waals surface area (Å²) in [5.41, 5.74) is 6.57. The number of aromatic nitrogens is 2. The maximum Gasteiger partial charge on any atom is 0.268 e. The largest absolute Gasteiger partial charge is 0.496 e. The Morgan fingerprint density at radius 3 is 2.69 bits per heavy atom. The van der Waals surface area contributed by atoms with Crippen LogP contribution in [0.25, 0.3) is 22.5 Å². The summed E-state index contributed by atoms with van der Waals surface area (Å²) in [6.45, 7) is 2.31. The van der Waals surface area contributed by atoms with Crippen molar-refractivity contribution < 1.29 is 23.4 Å². The predicted molar refractivity (Wildman–Crippen MR) is 115 cm³/mol. The third-order valence-electron chi connectivity index (χ3n) is 5.55. The number of aliphatic hydroxyl groups excluding tert-OH is 1. The number of primary amides is 1. The van der Waals surface area contributed by atoms with Crippen LogP contribution in [-0.2, 0) is 0 Å². The van der Waals surface area contributed by atoms with Gasteiger partial charge in [0, 0.05) is 35.6 Å². The van der Waals surface area contributed by atoms with Crippen molar-refractivity contribution in [3.05, 3.63) is 59.9 Å². The standard InChI is InChI=1S/C23H22F2N4O3/c1-12-8-14(30)11-29(12)18-7-6-13(24)9-15(18)16-10-27-23(28-21(16)22(26)31)20-17(25)4-3-5-19(20)32-2/h3-7,9-10,12,14,30H,8,11H2,1-2H3,(H2,26,31)/t12-,14-/m0/s1. The number of methoxy groups -OCH3 is 1. The van der Waals surface area contributed by atoms with Crippen LogP contribution in [-0.4, -0.2) is 46.8 Å². The van der Waals surface area contributed by atoms with Crippen LogP contribution in [0, 0.1) is 11.6 Å². The van der Waals surface area contributed by atoms with Crippen LogP contribution in [0.4, 0.5) is 14.5 Å². The molecule has 9 heteroatoms. The number of hydrogen-bond acceptors (Lipinski definition) is 6. The highest BCUT2D eigenvalue weighted by molar-refractivity contribution is 6.00. The third kappa shape index (κ3) is 3.87. The lowest BCUT2D eigenvalue weighted by Crippen LogP contribution is -2.28. The van der Waals surface area contributed by atoms with E-state index in [4.69, 9.17) is 10.5 Å². The fourth-order valence-corrected chi connectivity index (χ4v) is 4.09. The lowest BCUT2D eigenvalue weighted by molar-refractivity contribution is 0.0996. The van der Waals surface area contributed by atoms with Crippen molar-refractivity contribution in [2.45, 2.75) is 25.5 Å². The highest BCUT2D eigenvalue weighted by Gasteiger charge is 2.30. The zero-order valence-electron chi connectivity index (χ0n) is 17.5. The van der Waals surface area contributed by atoms with Gasteiger partial charge in [0.2, 0.25) is 0 Å². The minimum absolute atomic E-state index is 0.00546. The van der Waals surface area contributed by atoms with Crippen LogP contribution in [0.3, 0.4) is 0 Å². The van der Waals surface area contributed by atoms with Gasteiger partial charge < -0.3 is 20.5 Å². The van der Waals surface area contributed by atoms with Crippen LogP contribution in [0.1, 0.15) is 23.8 Å². The van der Waals surface area contributed by atoms with Crippen molar-refractivity contribution in [1.29, 1.82) is 0 Å². The second-order valence-electron chi connectivity index (χ2n) is 7.69. The molecule has 0 bridgehead atoms. The van der Waals surface area contributed by atoms with Gasteiger partial charge >= 0.3 is 0 Å². The highest BCUT2D eigenvalue weighted by atomic mass is 19.1. The molecule has 4 rings (SSSR count). The molecule has 2 heterocycles.